The van der Waals surface area contributed by atoms with Crippen molar-refractivity contribution in [3.05, 3.63) is 89.5 Å². The largest absolute Gasteiger partial charge is 0.379 e. The fourth-order valence-corrected chi connectivity index (χ4v) is 5.56. The molecule has 0 aliphatic carbocycles. The minimum Gasteiger partial charge on any atom is -0.379 e. The van der Waals surface area contributed by atoms with E-state index in [0.717, 1.165) is 11.1 Å². The first-order valence-corrected chi connectivity index (χ1v) is 14.8. The zero-order chi connectivity index (χ0) is 27.9. The smallest absolute Gasteiger partial charge is 0.339 e. The number of aryl methyl sites for hydroxylation is 2. The molecule has 0 unspecified atom stereocenters. The lowest BCUT2D eigenvalue weighted by Crippen LogP contribution is -2.46. The molecule has 3 aromatic carbocycles. The van der Waals surface area contributed by atoms with E-state index in [0.29, 0.717) is 5.56 Å². The van der Waals surface area contributed by atoms with Gasteiger partial charge in [-0.05, 0) is 68.1 Å². The van der Waals surface area contributed by atoms with Crippen LogP contribution in [0, 0.1) is 19.8 Å². The lowest BCUT2D eigenvalue weighted by molar-refractivity contribution is -0.123. The summed E-state index contributed by atoms with van der Waals surface area (Å²) in [4.78, 5) is 12.9. The molecule has 0 fully saturated rings. The van der Waals surface area contributed by atoms with Gasteiger partial charge in [-0.15, -0.1) is 0 Å². The summed E-state index contributed by atoms with van der Waals surface area (Å²) in [5.41, 5.74) is 4.66. The van der Waals surface area contributed by atoms with Gasteiger partial charge < -0.3 is 4.18 Å². The third kappa shape index (κ3) is 8.23. The van der Waals surface area contributed by atoms with Crippen molar-refractivity contribution in [1.29, 1.82) is 0 Å². The van der Waals surface area contributed by atoms with Gasteiger partial charge in [-0.1, -0.05) is 61.4 Å². The van der Waals surface area contributed by atoms with Crippen molar-refractivity contribution >= 4 is 32.3 Å². The average Bonchev–Trinajstić information content (AvgIpc) is 2.83. The Morgan fingerprint density at radius 1 is 0.895 bits per heavy atom. The molecule has 1 amide bonds. The molecule has 11 heteroatoms. The van der Waals surface area contributed by atoms with Crippen LogP contribution in [0.3, 0.4) is 0 Å². The summed E-state index contributed by atoms with van der Waals surface area (Å²) in [6.45, 7) is 7.45. The van der Waals surface area contributed by atoms with E-state index < -0.39 is 32.1 Å². The lowest BCUT2D eigenvalue weighted by atomic mass is 10.0. The molecule has 0 aliphatic heterocycles. The van der Waals surface area contributed by atoms with Crippen LogP contribution < -0.4 is 14.3 Å². The predicted molar refractivity (Wildman–Crippen MR) is 146 cm³/mol. The van der Waals surface area contributed by atoms with E-state index in [9.17, 15) is 21.6 Å². The SMILES string of the molecule is Cc1ccc(S(=O)(=O)N[C@H](CC(C)C)C(=O)N/N=C\c2cccc(OS(=O)(=O)c3ccc(C)cc3)c2)cc1. The van der Waals surface area contributed by atoms with Gasteiger partial charge >= 0.3 is 10.1 Å². The molecule has 0 heterocycles. The van der Waals surface area contributed by atoms with Crippen LogP contribution in [-0.4, -0.2) is 35.0 Å². The molecule has 0 aliphatic rings. The van der Waals surface area contributed by atoms with Crippen LogP contribution in [-0.2, 0) is 24.9 Å². The van der Waals surface area contributed by atoms with E-state index in [-0.39, 0.29) is 27.9 Å². The van der Waals surface area contributed by atoms with Crippen molar-refractivity contribution < 1.29 is 25.8 Å². The molecule has 202 valence electrons. The lowest BCUT2D eigenvalue weighted by Gasteiger charge is -2.19. The van der Waals surface area contributed by atoms with Gasteiger partial charge in [-0.25, -0.2) is 13.8 Å². The highest BCUT2D eigenvalue weighted by Crippen LogP contribution is 2.20. The van der Waals surface area contributed by atoms with Gasteiger partial charge in [0.1, 0.15) is 16.7 Å². The fraction of sp³-hybridized carbons (Fsp3) is 0.259. The number of hydrazone groups is 1. The van der Waals surface area contributed by atoms with Gasteiger partial charge in [0.15, 0.2) is 0 Å². The van der Waals surface area contributed by atoms with Crippen molar-refractivity contribution in [2.24, 2.45) is 11.0 Å². The number of carbonyl (C=O) groups is 1. The Balaban J connectivity index is 1.69. The van der Waals surface area contributed by atoms with Crippen LogP contribution >= 0.6 is 0 Å². The minimum absolute atomic E-state index is 0.0266. The minimum atomic E-state index is -4.03. The highest BCUT2D eigenvalue weighted by Gasteiger charge is 2.26. The summed E-state index contributed by atoms with van der Waals surface area (Å²) >= 11 is 0. The molecule has 3 rings (SSSR count). The van der Waals surface area contributed by atoms with Gasteiger partial charge in [0.05, 0.1) is 11.1 Å². The first-order valence-electron chi connectivity index (χ1n) is 11.9. The number of rotatable bonds is 11. The number of nitrogens with one attached hydrogen (secondary N) is 2. The normalized spacial score (nSPS) is 13.0. The fourth-order valence-electron chi connectivity index (χ4n) is 3.43. The van der Waals surface area contributed by atoms with Crippen LogP contribution in [0.25, 0.3) is 0 Å². The van der Waals surface area contributed by atoms with Crippen molar-refractivity contribution in [1.82, 2.24) is 10.1 Å². The van der Waals surface area contributed by atoms with Gasteiger partial charge in [0.2, 0.25) is 10.0 Å². The Kier molecular flexibility index (Phi) is 9.42. The molecule has 38 heavy (non-hydrogen) atoms. The Hall–Kier alpha value is -3.54. The van der Waals surface area contributed by atoms with E-state index in [1.165, 1.54) is 42.6 Å². The van der Waals surface area contributed by atoms with Gasteiger partial charge in [0.25, 0.3) is 5.91 Å². The number of nitrogens with zero attached hydrogens (tertiary/aromatic N) is 1. The second-order valence-electron chi connectivity index (χ2n) is 9.27. The Morgan fingerprint density at radius 3 is 2.05 bits per heavy atom. The third-order valence-electron chi connectivity index (χ3n) is 5.41. The quantitative estimate of drug-likeness (QED) is 0.209. The summed E-state index contributed by atoms with van der Waals surface area (Å²) in [5.74, 6) is -0.524. The predicted octanol–water partition coefficient (Wildman–Crippen LogP) is 3.91. The first-order chi connectivity index (χ1) is 17.9. The second kappa shape index (κ2) is 12.3. The average molecular weight is 558 g/mol. The highest BCUT2D eigenvalue weighted by atomic mass is 32.2. The van der Waals surface area contributed by atoms with Crippen molar-refractivity contribution in [3.63, 3.8) is 0 Å². The van der Waals surface area contributed by atoms with Crippen molar-refractivity contribution in [2.45, 2.75) is 49.9 Å². The van der Waals surface area contributed by atoms with Crippen molar-refractivity contribution in [2.75, 3.05) is 0 Å². The number of sulfonamides is 1. The van der Waals surface area contributed by atoms with E-state index >= 15 is 0 Å². The Morgan fingerprint density at radius 2 is 1.47 bits per heavy atom. The summed E-state index contributed by atoms with van der Waals surface area (Å²) in [7, 11) is -7.95. The molecule has 0 saturated carbocycles. The summed E-state index contributed by atoms with van der Waals surface area (Å²) < 4.78 is 58.4. The molecule has 0 aromatic heterocycles. The monoisotopic (exact) mass is 557 g/mol. The van der Waals surface area contributed by atoms with Gasteiger partial charge in [-0.2, -0.15) is 18.2 Å². The second-order valence-corrected chi connectivity index (χ2v) is 12.5. The molecule has 3 aromatic rings. The van der Waals surface area contributed by atoms with Gasteiger partial charge in [-0.3, -0.25) is 4.79 Å². The number of hydrogen-bond acceptors (Lipinski definition) is 7. The molecule has 2 N–H and O–H groups in total. The van der Waals surface area contributed by atoms with Crippen LogP contribution in [0.2, 0.25) is 0 Å². The number of hydrogen-bond donors (Lipinski definition) is 2. The molecule has 9 nitrogen and oxygen atoms in total. The summed E-state index contributed by atoms with van der Waals surface area (Å²) in [6, 6.07) is 17.7. The molecule has 0 bridgehead atoms. The first kappa shape index (κ1) is 29.0. The Labute approximate surface area is 224 Å². The van der Waals surface area contributed by atoms with Crippen LogP contribution in [0.1, 0.15) is 37.0 Å². The van der Waals surface area contributed by atoms with Crippen molar-refractivity contribution in [3.8, 4) is 5.75 Å². The maximum Gasteiger partial charge on any atom is 0.339 e. The molecular formula is C27H31N3O6S2. The molecule has 1 atom stereocenters. The van der Waals surface area contributed by atoms with Crippen LogP contribution in [0.15, 0.2) is 87.7 Å². The number of benzene rings is 3. The van der Waals surface area contributed by atoms with Crippen LogP contribution in [0.5, 0.6) is 5.75 Å². The van der Waals surface area contributed by atoms with E-state index in [4.69, 9.17) is 4.18 Å². The molecule has 0 radical (unpaired) electrons. The van der Waals surface area contributed by atoms with E-state index in [1.54, 1.807) is 36.4 Å². The summed E-state index contributed by atoms with van der Waals surface area (Å²) in [5, 5.41) is 3.93. The molecule has 0 spiro atoms. The molecule has 0 saturated heterocycles. The van der Waals surface area contributed by atoms with E-state index in [1.807, 2.05) is 27.7 Å². The zero-order valence-electron chi connectivity index (χ0n) is 21.6. The van der Waals surface area contributed by atoms with E-state index in [2.05, 4.69) is 15.2 Å². The number of amides is 1. The topological polar surface area (TPSA) is 131 Å². The molecular weight excluding hydrogens is 526 g/mol. The van der Waals surface area contributed by atoms with Crippen LogP contribution in [0.4, 0.5) is 0 Å². The standard InChI is InChI=1S/C27H31N3O6S2/c1-19(2)16-26(30-37(32,33)24-12-8-20(3)9-13-24)27(31)29-28-18-22-6-5-7-23(17-22)36-38(34,35)25-14-10-21(4)11-15-25/h5-15,17-19,26,30H,16H2,1-4H3,(H,29,31)/b28-18-/t26-/m1/s1. The zero-order valence-corrected chi connectivity index (χ0v) is 23.2. The Bertz CT molecular complexity index is 1500. The van der Waals surface area contributed by atoms with Gasteiger partial charge in [0, 0.05) is 0 Å². The maximum atomic E-state index is 12.8. The third-order valence-corrected chi connectivity index (χ3v) is 8.16. The maximum absolute atomic E-state index is 12.8. The summed E-state index contributed by atoms with van der Waals surface area (Å²) in [6.07, 6.45) is 1.57. The highest BCUT2D eigenvalue weighted by molar-refractivity contribution is 7.89. The number of carbonyl (C=O) groups excluding carboxylic acids is 1.